The molecule has 3 heterocycles. The summed E-state index contributed by atoms with van der Waals surface area (Å²) in [5.41, 5.74) is 4.11. The van der Waals surface area contributed by atoms with Crippen LogP contribution in [0.15, 0.2) is 57.7 Å². The quantitative estimate of drug-likeness (QED) is 0.515. The van der Waals surface area contributed by atoms with Crippen molar-refractivity contribution < 1.29 is 17.6 Å². The first-order valence-corrected chi connectivity index (χ1v) is 13.6. The van der Waals surface area contributed by atoms with E-state index in [0.29, 0.717) is 44.7 Å². The van der Waals surface area contributed by atoms with E-state index in [2.05, 4.69) is 4.90 Å². The Hall–Kier alpha value is -3.01. The SMILES string of the molecule is Cc1ccc2c(CN3CCN(C(=O)C4Cc5ccccc5CN4S(C)(=O)=O)CC3)cc(=O)oc2c1. The van der Waals surface area contributed by atoms with E-state index in [1.165, 1.54) is 10.6 Å². The number of nitrogens with zero attached hydrogens (tertiary/aromatic N) is 3. The van der Waals surface area contributed by atoms with Gasteiger partial charge in [-0.3, -0.25) is 9.69 Å². The summed E-state index contributed by atoms with van der Waals surface area (Å²) in [4.78, 5) is 29.5. The molecule has 0 spiro atoms. The number of piperazine rings is 1. The van der Waals surface area contributed by atoms with Crippen molar-refractivity contribution in [3.63, 3.8) is 0 Å². The van der Waals surface area contributed by atoms with E-state index < -0.39 is 16.1 Å². The molecule has 1 atom stereocenters. The van der Waals surface area contributed by atoms with Gasteiger partial charge in [0.2, 0.25) is 15.9 Å². The van der Waals surface area contributed by atoms with Crippen LogP contribution in [0.5, 0.6) is 0 Å². The van der Waals surface area contributed by atoms with Gasteiger partial charge in [0.1, 0.15) is 11.6 Å². The molecule has 0 radical (unpaired) electrons. The van der Waals surface area contributed by atoms with Gasteiger partial charge in [0.25, 0.3) is 0 Å². The van der Waals surface area contributed by atoms with Gasteiger partial charge in [-0.05, 0) is 41.7 Å². The van der Waals surface area contributed by atoms with Crippen molar-refractivity contribution in [2.45, 2.75) is 32.5 Å². The zero-order valence-electron chi connectivity index (χ0n) is 19.9. The molecule has 1 aromatic heterocycles. The fraction of sp³-hybridized carbons (Fsp3) is 0.385. The Bertz CT molecular complexity index is 1440. The molecule has 2 aromatic carbocycles. The molecule has 3 aromatic rings. The van der Waals surface area contributed by atoms with E-state index >= 15 is 0 Å². The van der Waals surface area contributed by atoms with E-state index in [1.807, 2.05) is 49.4 Å². The van der Waals surface area contributed by atoms with Crippen LogP contribution in [0.4, 0.5) is 0 Å². The Morgan fingerprint density at radius 1 is 1.03 bits per heavy atom. The predicted molar refractivity (Wildman–Crippen MR) is 133 cm³/mol. The van der Waals surface area contributed by atoms with Crippen LogP contribution in [-0.4, -0.2) is 66.9 Å². The van der Waals surface area contributed by atoms with Gasteiger partial charge in [-0.2, -0.15) is 4.31 Å². The molecule has 0 aliphatic carbocycles. The second-order valence-corrected chi connectivity index (χ2v) is 11.4. The molecular weight excluding hydrogens is 466 g/mol. The molecule has 9 heteroatoms. The number of benzene rings is 2. The molecule has 1 unspecified atom stereocenters. The topological polar surface area (TPSA) is 91.1 Å². The zero-order chi connectivity index (χ0) is 24.7. The monoisotopic (exact) mass is 495 g/mol. The molecule has 0 saturated carbocycles. The van der Waals surface area contributed by atoms with Gasteiger partial charge in [-0.25, -0.2) is 13.2 Å². The predicted octanol–water partition coefficient (Wildman–Crippen LogP) is 2.13. The number of carbonyl (C=O) groups is 1. The summed E-state index contributed by atoms with van der Waals surface area (Å²) >= 11 is 0. The van der Waals surface area contributed by atoms with E-state index in [-0.39, 0.29) is 18.1 Å². The number of sulfonamides is 1. The molecule has 35 heavy (non-hydrogen) atoms. The number of fused-ring (bicyclic) bond motifs is 2. The fourth-order valence-electron chi connectivity index (χ4n) is 5.10. The van der Waals surface area contributed by atoms with Gasteiger partial charge in [0.05, 0.1) is 6.26 Å². The third-order valence-electron chi connectivity index (χ3n) is 6.98. The highest BCUT2D eigenvalue weighted by molar-refractivity contribution is 7.88. The molecule has 0 bridgehead atoms. The number of hydrogen-bond acceptors (Lipinski definition) is 6. The molecule has 1 fully saturated rings. The van der Waals surface area contributed by atoms with Crippen molar-refractivity contribution in [3.05, 3.63) is 81.2 Å². The minimum Gasteiger partial charge on any atom is -0.423 e. The van der Waals surface area contributed by atoms with Crippen LogP contribution in [-0.2, 0) is 34.3 Å². The minimum absolute atomic E-state index is 0.147. The van der Waals surface area contributed by atoms with Gasteiger partial charge in [-0.1, -0.05) is 36.4 Å². The third kappa shape index (κ3) is 4.89. The maximum atomic E-state index is 13.5. The molecule has 184 valence electrons. The van der Waals surface area contributed by atoms with Gasteiger partial charge in [0.15, 0.2) is 0 Å². The molecule has 8 nitrogen and oxygen atoms in total. The van der Waals surface area contributed by atoms with E-state index in [9.17, 15) is 18.0 Å². The summed E-state index contributed by atoms with van der Waals surface area (Å²) < 4.78 is 31.7. The first-order valence-electron chi connectivity index (χ1n) is 11.8. The molecule has 1 saturated heterocycles. The average molecular weight is 496 g/mol. The number of rotatable bonds is 4. The minimum atomic E-state index is -3.54. The van der Waals surface area contributed by atoms with Gasteiger partial charge in [0, 0.05) is 50.7 Å². The lowest BCUT2D eigenvalue weighted by Gasteiger charge is -2.40. The van der Waals surface area contributed by atoms with Gasteiger partial charge in [-0.15, -0.1) is 0 Å². The summed E-state index contributed by atoms with van der Waals surface area (Å²) in [7, 11) is -3.54. The summed E-state index contributed by atoms with van der Waals surface area (Å²) in [5, 5.41) is 0.915. The Kier molecular flexibility index (Phi) is 6.25. The highest BCUT2D eigenvalue weighted by Gasteiger charge is 2.39. The van der Waals surface area contributed by atoms with Crippen molar-refractivity contribution in [2.75, 3.05) is 32.4 Å². The normalized spacial score (nSPS) is 19.6. The number of aryl methyl sites for hydroxylation is 1. The summed E-state index contributed by atoms with van der Waals surface area (Å²) in [5.74, 6) is -0.147. The maximum absolute atomic E-state index is 13.5. The molecule has 1 amide bonds. The number of hydrogen-bond donors (Lipinski definition) is 0. The largest absolute Gasteiger partial charge is 0.423 e. The highest BCUT2D eigenvalue weighted by Crippen LogP contribution is 2.27. The van der Waals surface area contributed by atoms with E-state index in [1.54, 1.807) is 11.0 Å². The molecule has 5 rings (SSSR count). The molecule has 0 N–H and O–H groups in total. The van der Waals surface area contributed by atoms with Crippen LogP contribution >= 0.6 is 0 Å². The standard InChI is InChI=1S/C26H29N3O5S/c1-18-7-8-22-21(15-25(30)34-24(22)13-18)16-27-9-11-28(12-10-27)26(31)23-14-19-5-3-4-6-20(19)17-29(23)35(2,32)33/h3-8,13,15,23H,9-12,14,16-17H2,1-2H3. The number of carbonyl (C=O) groups excluding carboxylic acids is 1. The number of amides is 1. The van der Waals surface area contributed by atoms with Crippen molar-refractivity contribution in [3.8, 4) is 0 Å². The van der Waals surface area contributed by atoms with Crippen molar-refractivity contribution in [2.24, 2.45) is 0 Å². The lowest BCUT2D eigenvalue weighted by atomic mass is 9.95. The zero-order valence-corrected chi connectivity index (χ0v) is 20.8. The van der Waals surface area contributed by atoms with Gasteiger partial charge >= 0.3 is 5.63 Å². The van der Waals surface area contributed by atoms with Gasteiger partial charge < -0.3 is 9.32 Å². The Balaban J connectivity index is 1.29. The van der Waals surface area contributed by atoms with Crippen LogP contribution in [0.1, 0.15) is 22.3 Å². The van der Waals surface area contributed by atoms with Crippen molar-refractivity contribution in [1.29, 1.82) is 0 Å². The first-order chi connectivity index (χ1) is 16.7. The van der Waals surface area contributed by atoms with Crippen LogP contribution in [0.2, 0.25) is 0 Å². The first kappa shape index (κ1) is 23.7. The lowest BCUT2D eigenvalue weighted by molar-refractivity contribution is -0.137. The van der Waals surface area contributed by atoms with Crippen molar-refractivity contribution in [1.82, 2.24) is 14.1 Å². The summed E-state index contributed by atoms with van der Waals surface area (Å²) in [6.07, 6.45) is 1.55. The van der Waals surface area contributed by atoms with Crippen molar-refractivity contribution >= 4 is 26.9 Å². The second kappa shape index (κ2) is 9.22. The van der Waals surface area contributed by atoms with E-state index in [0.717, 1.165) is 27.6 Å². The lowest BCUT2D eigenvalue weighted by Crippen LogP contribution is -2.57. The summed E-state index contributed by atoms with van der Waals surface area (Å²) in [6, 6.07) is 14.4. The van der Waals surface area contributed by atoms with E-state index in [4.69, 9.17) is 4.42 Å². The molecule has 2 aliphatic heterocycles. The van der Waals surface area contributed by atoms with Crippen LogP contribution < -0.4 is 5.63 Å². The fourth-order valence-corrected chi connectivity index (χ4v) is 6.10. The summed E-state index contributed by atoms with van der Waals surface area (Å²) in [6.45, 7) is 5.05. The molecule has 2 aliphatic rings. The maximum Gasteiger partial charge on any atom is 0.336 e. The smallest absolute Gasteiger partial charge is 0.336 e. The van der Waals surface area contributed by atoms with Crippen LogP contribution in [0.3, 0.4) is 0 Å². The Labute approximate surface area is 204 Å². The highest BCUT2D eigenvalue weighted by atomic mass is 32.2. The van der Waals surface area contributed by atoms with Crippen LogP contribution in [0.25, 0.3) is 11.0 Å². The van der Waals surface area contributed by atoms with Crippen LogP contribution in [0, 0.1) is 6.92 Å². The Morgan fingerprint density at radius 3 is 2.46 bits per heavy atom. The Morgan fingerprint density at radius 2 is 1.74 bits per heavy atom. The second-order valence-electron chi connectivity index (χ2n) is 9.49. The third-order valence-corrected chi connectivity index (χ3v) is 8.22. The molecular formula is C26H29N3O5S. The average Bonchev–Trinajstić information content (AvgIpc) is 2.82.